The Balaban J connectivity index is 1.40. The number of hydrogen-bond donors (Lipinski definition) is 1. The highest BCUT2D eigenvalue weighted by Crippen LogP contribution is 2.34. The third-order valence-electron chi connectivity index (χ3n) is 8.03. The van der Waals surface area contributed by atoms with Crippen molar-refractivity contribution >= 4 is 29.4 Å². The zero-order valence-electron chi connectivity index (χ0n) is 28.6. The molecule has 268 valence electrons. The van der Waals surface area contributed by atoms with Crippen molar-refractivity contribution in [1.82, 2.24) is 15.1 Å². The molecule has 0 aromatic rings. The normalized spacial score (nSPS) is 16.3. The van der Waals surface area contributed by atoms with Gasteiger partial charge in [0.1, 0.15) is 0 Å². The van der Waals surface area contributed by atoms with E-state index in [0.717, 1.165) is 17.7 Å². The standard InChI is InChI=1S/C33H55N3O11/c1-26(2)27(32(41)35(3)4)25-28(37)33(10-5-6-11-33)34-29(38)9-13-42-15-17-44-19-21-46-23-24-47-22-20-45-18-16-43-14-12-36-30(39)7-8-31(36)40/h7-8,26-27H,5-6,9-25H2,1-4H3,(H,34,38)/t27-/m0/s1. The van der Waals surface area contributed by atoms with Crippen molar-refractivity contribution in [3.8, 4) is 0 Å². The van der Waals surface area contributed by atoms with Gasteiger partial charge in [-0.05, 0) is 18.8 Å². The van der Waals surface area contributed by atoms with Crippen LogP contribution in [0.25, 0.3) is 0 Å². The lowest BCUT2D eigenvalue weighted by Gasteiger charge is -2.32. The molecule has 4 amide bonds. The Morgan fingerprint density at radius 3 is 1.60 bits per heavy atom. The molecule has 1 saturated carbocycles. The topological polar surface area (TPSA) is 159 Å². The average Bonchev–Trinajstić information content (AvgIpc) is 3.64. The van der Waals surface area contributed by atoms with Crippen LogP contribution in [0.2, 0.25) is 0 Å². The summed E-state index contributed by atoms with van der Waals surface area (Å²) in [6.07, 6.45) is 5.70. The van der Waals surface area contributed by atoms with E-state index >= 15 is 0 Å². The van der Waals surface area contributed by atoms with E-state index in [2.05, 4.69) is 5.32 Å². The second-order valence-corrected chi connectivity index (χ2v) is 12.1. The fourth-order valence-corrected chi connectivity index (χ4v) is 5.29. The third kappa shape index (κ3) is 15.3. The molecule has 0 saturated heterocycles. The Morgan fingerprint density at radius 1 is 0.745 bits per heavy atom. The van der Waals surface area contributed by atoms with E-state index in [0.29, 0.717) is 78.9 Å². The summed E-state index contributed by atoms with van der Waals surface area (Å²) in [6.45, 7) is 8.55. The summed E-state index contributed by atoms with van der Waals surface area (Å²) in [5.41, 5.74) is -0.894. The smallest absolute Gasteiger partial charge is 0.253 e. The Morgan fingerprint density at radius 2 is 1.17 bits per heavy atom. The van der Waals surface area contributed by atoms with E-state index in [4.69, 9.17) is 28.4 Å². The lowest BCUT2D eigenvalue weighted by Crippen LogP contribution is -2.53. The lowest BCUT2D eigenvalue weighted by molar-refractivity contribution is -0.140. The molecule has 0 aromatic carbocycles. The average molecular weight is 670 g/mol. The predicted octanol–water partition coefficient (Wildman–Crippen LogP) is 1.15. The maximum atomic E-state index is 13.4. The Labute approximate surface area is 278 Å². The van der Waals surface area contributed by atoms with E-state index in [1.807, 2.05) is 13.8 Å². The maximum Gasteiger partial charge on any atom is 0.253 e. The molecule has 0 unspecified atom stereocenters. The van der Waals surface area contributed by atoms with Gasteiger partial charge in [-0.15, -0.1) is 0 Å². The van der Waals surface area contributed by atoms with Crippen molar-refractivity contribution in [2.24, 2.45) is 11.8 Å². The first-order valence-corrected chi connectivity index (χ1v) is 16.6. The molecule has 0 aromatic heterocycles. The van der Waals surface area contributed by atoms with Gasteiger partial charge in [0.15, 0.2) is 5.78 Å². The predicted molar refractivity (Wildman–Crippen MR) is 171 cm³/mol. The van der Waals surface area contributed by atoms with Gasteiger partial charge >= 0.3 is 0 Å². The number of imide groups is 1. The molecule has 47 heavy (non-hydrogen) atoms. The molecule has 2 rings (SSSR count). The van der Waals surface area contributed by atoms with Crippen LogP contribution in [-0.4, -0.2) is 145 Å². The second-order valence-electron chi connectivity index (χ2n) is 12.1. The second kappa shape index (κ2) is 22.8. The summed E-state index contributed by atoms with van der Waals surface area (Å²) in [7, 11) is 3.39. The van der Waals surface area contributed by atoms with E-state index in [9.17, 15) is 24.0 Å². The number of ketones is 1. The number of rotatable bonds is 27. The van der Waals surface area contributed by atoms with Crippen molar-refractivity contribution < 1.29 is 52.4 Å². The van der Waals surface area contributed by atoms with Crippen LogP contribution in [0.3, 0.4) is 0 Å². The van der Waals surface area contributed by atoms with Gasteiger partial charge in [-0.2, -0.15) is 0 Å². The highest BCUT2D eigenvalue weighted by atomic mass is 16.6. The van der Waals surface area contributed by atoms with Gasteiger partial charge in [-0.1, -0.05) is 26.7 Å². The molecule has 0 radical (unpaired) electrons. The zero-order valence-corrected chi connectivity index (χ0v) is 28.6. The first-order chi connectivity index (χ1) is 22.6. The molecule has 1 aliphatic heterocycles. The quantitative estimate of drug-likeness (QED) is 0.0988. The van der Waals surface area contributed by atoms with Crippen molar-refractivity contribution in [3.05, 3.63) is 12.2 Å². The molecule has 1 fully saturated rings. The number of hydrogen-bond acceptors (Lipinski definition) is 11. The Bertz CT molecular complexity index is 994. The van der Waals surface area contributed by atoms with Crippen molar-refractivity contribution in [1.29, 1.82) is 0 Å². The third-order valence-corrected chi connectivity index (χ3v) is 8.03. The number of Topliss-reactive ketones (excluding diaryl/α,β-unsaturated/α-hetero) is 1. The number of carbonyl (C=O) groups is 5. The fourth-order valence-electron chi connectivity index (χ4n) is 5.29. The molecule has 0 spiro atoms. The van der Waals surface area contributed by atoms with Crippen LogP contribution in [-0.2, 0) is 52.4 Å². The summed E-state index contributed by atoms with van der Waals surface area (Å²) in [6, 6.07) is 0. The molecule has 1 N–H and O–H groups in total. The van der Waals surface area contributed by atoms with Crippen LogP contribution in [0.5, 0.6) is 0 Å². The molecule has 2 aliphatic rings. The van der Waals surface area contributed by atoms with Gasteiger partial charge in [0.05, 0.1) is 91.4 Å². The van der Waals surface area contributed by atoms with Gasteiger partial charge in [0, 0.05) is 45.0 Å². The van der Waals surface area contributed by atoms with Crippen LogP contribution in [0, 0.1) is 11.8 Å². The minimum Gasteiger partial charge on any atom is -0.379 e. The molecule has 0 bridgehead atoms. The maximum absolute atomic E-state index is 13.4. The number of carbonyl (C=O) groups excluding carboxylic acids is 5. The van der Waals surface area contributed by atoms with Crippen LogP contribution < -0.4 is 5.32 Å². The van der Waals surface area contributed by atoms with Gasteiger partial charge in [0.25, 0.3) is 11.8 Å². The van der Waals surface area contributed by atoms with E-state index in [1.165, 1.54) is 17.1 Å². The Hall–Kier alpha value is -2.75. The Kier molecular flexibility index (Phi) is 19.6. The van der Waals surface area contributed by atoms with Crippen LogP contribution in [0.4, 0.5) is 0 Å². The van der Waals surface area contributed by atoms with Gasteiger partial charge < -0.3 is 38.6 Å². The van der Waals surface area contributed by atoms with Crippen molar-refractivity contribution in [2.45, 2.75) is 57.9 Å². The van der Waals surface area contributed by atoms with Crippen LogP contribution in [0.1, 0.15) is 52.4 Å². The van der Waals surface area contributed by atoms with Crippen LogP contribution in [0.15, 0.2) is 12.2 Å². The minimum atomic E-state index is -0.894. The fraction of sp³-hybridized carbons (Fsp3) is 0.788. The monoisotopic (exact) mass is 669 g/mol. The molecule has 14 nitrogen and oxygen atoms in total. The summed E-state index contributed by atoms with van der Waals surface area (Å²) in [5.74, 6) is -1.36. The SMILES string of the molecule is CC(C)[C@H](CC(=O)C1(NC(=O)CCOCCOCCOCCOCCOCCOCCN2C(=O)C=CC2=O)CCCC1)C(=O)N(C)C. The van der Waals surface area contributed by atoms with Gasteiger partial charge in [-0.25, -0.2) is 0 Å². The van der Waals surface area contributed by atoms with Gasteiger partial charge in [0.2, 0.25) is 11.8 Å². The number of ether oxygens (including phenoxy) is 6. The molecular weight excluding hydrogens is 614 g/mol. The molecule has 1 atom stereocenters. The summed E-state index contributed by atoms with van der Waals surface area (Å²) >= 11 is 0. The van der Waals surface area contributed by atoms with Crippen molar-refractivity contribution in [3.63, 3.8) is 0 Å². The lowest BCUT2D eigenvalue weighted by atomic mass is 9.81. The van der Waals surface area contributed by atoms with E-state index in [1.54, 1.807) is 14.1 Å². The van der Waals surface area contributed by atoms with Crippen LogP contribution >= 0.6 is 0 Å². The molecule has 14 heteroatoms. The molecular formula is C33H55N3O11. The van der Waals surface area contributed by atoms with E-state index < -0.39 is 11.5 Å². The number of nitrogens with one attached hydrogen (secondary N) is 1. The zero-order chi connectivity index (χ0) is 34.5. The molecule has 1 aliphatic carbocycles. The number of amides is 4. The highest BCUT2D eigenvalue weighted by Gasteiger charge is 2.43. The number of nitrogens with zero attached hydrogens (tertiary/aromatic N) is 2. The summed E-state index contributed by atoms with van der Waals surface area (Å²) < 4.78 is 32.7. The van der Waals surface area contributed by atoms with Gasteiger partial charge in [-0.3, -0.25) is 28.9 Å². The highest BCUT2D eigenvalue weighted by molar-refractivity contribution is 6.12. The van der Waals surface area contributed by atoms with Crippen molar-refractivity contribution in [2.75, 3.05) is 99.9 Å². The minimum absolute atomic E-state index is 0.0229. The van der Waals surface area contributed by atoms with E-state index in [-0.39, 0.29) is 67.9 Å². The first kappa shape index (κ1) is 40.4. The summed E-state index contributed by atoms with van der Waals surface area (Å²) in [5, 5.41) is 2.99. The first-order valence-electron chi connectivity index (χ1n) is 16.6. The largest absolute Gasteiger partial charge is 0.379 e. The molecule has 1 heterocycles. The summed E-state index contributed by atoms with van der Waals surface area (Å²) in [4.78, 5) is 64.2.